The van der Waals surface area contributed by atoms with Crippen molar-refractivity contribution in [3.8, 4) is 5.75 Å². The van der Waals surface area contributed by atoms with Gasteiger partial charge in [-0.05, 0) is 18.0 Å². The summed E-state index contributed by atoms with van der Waals surface area (Å²) in [5, 5.41) is 4.15. The number of ether oxygens (including phenoxy) is 1. The molecule has 0 radical (unpaired) electrons. The van der Waals surface area contributed by atoms with Gasteiger partial charge in [-0.1, -0.05) is 0 Å². The minimum Gasteiger partial charge on any atom is -0.490 e. The molecule has 0 atom stereocenters. The van der Waals surface area contributed by atoms with Crippen molar-refractivity contribution < 1.29 is 4.74 Å². The van der Waals surface area contributed by atoms with Gasteiger partial charge in [0.2, 0.25) is 0 Å². The van der Waals surface area contributed by atoms with Crippen molar-refractivity contribution in [1.82, 2.24) is 13.9 Å². The molecule has 2 aromatic rings. The number of imidazole rings is 1. The van der Waals surface area contributed by atoms with Gasteiger partial charge in [0.1, 0.15) is 0 Å². The Labute approximate surface area is 104 Å². The highest BCUT2D eigenvalue weighted by Crippen LogP contribution is 2.34. The maximum atomic E-state index is 5.66. The maximum Gasteiger partial charge on any atom is 0.197 e. The van der Waals surface area contributed by atoms with Gasteiger partial charge in [-0.2, -0.15) is 4.37 Å². The molecule has 0 aliphatic heterocycles. The third-order valence-corrected chi connectivity index (χ3v) is 3.12. The molecule has 6 nitrogen and oxygen atoms in total. The molecule has 0 unspecified atom stereocenters. The minimum absolute atomic E-state index is 0.439. The summed E-state index contributed by atoms with van der Waals surface area (Å²) in [4.78, 5) is 3.99. The van der Waals surface area contributed by atoms with Crippen LogP contribution in [0.25, 0.3) is 0 Å². The molecule has 2 rings (SSSR count). The zero-order valence-corrected chi connectivity index (χ0v) is 10.4. The summed E-state index contributed by atoms with van der Waals surface area (Å²) in [5.74, 6) is 1.08. The molecule has 0 bridgehead atoms. The fourth-order valence-corrected chi connectivity index (χ4v) is 2.20. The van der Waals surface area contributed by atoms with Crippen LogP contribution >= 0.6 is 11.5 Å². The van der Waals surface area contributed by atoms with E-state index in [4.69, 9.17) is 10.5 Å². The Balaban J connectivity index is 1.78. The van der Waals surface area contributed by atoms with Crippen LogP contribution in [0.15, 0.2) is 18.7 Å². The molecule has 0 spiro atoms. The highest BCUT2D eigenvalue weighted by molar-refractivity contribution is 7.11. The predicted molar refractivity (Wildman–Crippen MR) is 68.4 cm³/mol. The highest BCUT2D eigenvalue weighted by atomic mass is 32.1. The number of rotatable bonds is 6. The quantitative estimate of drug-likeness (QED) is 0.761. The van der Waals surface area contributed by atoms with Gasteiger partial charge in [0.15, 0.2) is 16.6 Å². The smallest absolute Gasteiger partial charge is 0.197 e. The van der Waals surface area contributed by atoms with Crippen molar-refractivity contribution in [2.45, 2.75) is 13.0 Å². The zero-order valence-electron chi connectivity index (χ0n) is 9.59. The average Bonchev–Trinajstić information content (AvgIpc) is 2.94. The van der Waals surface area contributed by atoms with Crippen LogP contribution in [0.3, 0.4) is 0 Å². The summed E-state index contributed by atoms with van der Waals surface area (Å²) in [6, 6.07) is 0. The van der Waals surface area contributed by atoms with Gasteiger partial charge in [-0.25, -0.2) is 4.98 Å². The van der Waals surface area contributed by atoms with Gasteiger partial charge in [-0.3, -0.25) is 0 Å². The van der Waals surface area contributed by atoms with E-state index in [-0.39, 0.29) is 0 Å². The molecule has 0 aliphatic carbocycles. The fraction of sp³-hybridized carbons (Fsp3) is 0.400. The summed E-state index contributed by atoms with van der Waals surface area (Å²) >= 11 is 1.32. The third-order valence-electron chi connectivity index (χ3n) is 2.32. The van der Waals surface area contributed by atoms with E-state index in [9.17, 15) is 0 Å². The number of methoxy groups -OCH3 is 1. The monoisotopic (exact) mass is 253 g/mol. The summed E-state index contributed by atoms with van der Waals surface area (Å²) in [6.45, 7) is 1.78. The molecule has 2 aromatic heterocycles. The van der Waals surface area contributed by atoms with Crippen LogP contribution in [0.2, 0.25) is 0 Å². The SMILES string of the molecule is COc1c(N)nsc1NCCCn1ccnc1. The maximum absolute atomic E-state index is 5.66. The normalized spacial score (nSPS) is 10.4. The number of nitrogens with two attached hydrogens (primary N) is 1. The molecule has 0 aliphatic rings. The van der Waals surface area contributed by atoms with Gasteiger partial charge in [0, 0.05) is 25.5 Å². The van der Waals surface area contributed by atoms with Crippen LogP contribution in [0, 0.1) is 0 Å². The lowest BCUT2D eigenvalue weighted by atomic mass is 10.4. The molecule has 0 aromatic carbocycles. The topological polar surface area (TPSA) is 78.0 Å². The first-order valence-corrected chi connectivity index (χ1v) is 6.07. The van der Waals surface area contributed by atoms with Gasteiger partial charge in [0.05, 0.1) is 13.4 Å². The Kier molecular flexibility index (Phi) is 3.81. The number of hydrogen-bond acceptors (Lipinski definition) is 6. The Morgan fingerprint density at radius 2 is 2.47 bits per heavy atom. The van der Waals surface area contributed by atoms with Gasteiger partial charge in [-0.15, -0.1) is 0 Å². The molecule has 0 fully saturated rings. The lowest BCUT2D eigenvalue weighted by Gasteiger charge is -2.06. The van der Waals surface area contributed by atoms with Crippen molar-refractivity contribution in [2.75, 3.05) is 24.7 Å². The van der Waals surface area contributed by atoms with Crippen LogP contribution < -0.4 is 15.8 Å². The minimum atomic E-state index is 0.439. The summed E-state index contributed by atoms with van der Waals surface area (Å²) < 4.78 is 11.2. The van der Waals surface area contributed by atoms with Gasteiger partial charge in [0.25, 0.3) is 0 Å². The van der Waals surface area contributed by atoms with Crippen molar-refractivity contribution in [3.63, 3.8) is 0 Å². The summed E-state index contributed by atoms with van der Waals surface area (Å²) in [6.07, 6.45) is 6.54. The molecule has 92 valence electrons. The number of aromatic nitrogens is 3. The van der Waals surface area contributed by atoms with E-state index in [0.717, 1.165) is 24.5 Å². The lowest BCUT2D eigenvalue weighted by molar-refractivity contribution is 0.419. The Morgan fingerprint density at radius 1 is 1.59 bits per heavy atom. The zero-order chi connectivity index (χ0) is 12.1. The predicted octanol–water partition coefficient (Wildman–Crippen LogP) is 1.43. The van der Waals surface area contributed by atoms with Crippen molar-refractivity contribution in [3.05, 3.63) is 18.7 Å². The van der Waals surface area contributed by atoms with Gasteiger partial charge >= 0.3 is 0 Å². The second-order valence-corrected chi connectivity index (χ2v) is 4.28. The lowest BCUT2D eigenvalue weighted by Crippen LogP contribution is -2.05. The fourth-order valence-electron chi connectivity index (χ4n) is 1.49. The largest absolute Gasteiger partial charge is 0.490 e. The van der Waals surface area contributed by atoms with E-state index in [1.807, 2.05) is 17.1 Å². The van der Waals surface area contributed by atoms with Crippen LogP contribution in [0.5, 0.6) is 5.75 Å². The van der Waals surface area contributed by atoms with Crippen LogP contribution in [-0.4, -0.2) is 27.6 Å². The molecule has 17 heavy (non-hydrogen) atoms. The van der Waals surface area contributed by atoms with E-state index in [1.54, 1.807) is 13.3 Å². The number of hydrogen-bond donors (Lipinski definition) is 2. The summed E-state index contributed by atoms with van der Waals surface area (Å²) in [7, 11) is 1.59. The second kappa shape index (κ2) is 5.53. The highest BCUT2D eigenvalue weighted by Gasteiger charge is 2.10. The average molecular weight is 253 g/mol. The van der Waals surface area contributed by atoms with E-state index in [0.29, 0.717) is 11.6 Å². The molecule has 0 saturated heterocycles. The van der Waals surface area contributed by atoms with Crippen LogP contribution in [0.1, 0.15) is 6.42 Å². The third kappa shape index (κ3) is 2.88. The Hall–Kier alpha value is -1.76. The van der Waals surface area contributed by atoms with E-state index >= 15 is 0 Å². The number of nitrogens with zero attached hydrogens (tertiary/aromatic N) is 3. The van der Waals surface area contributed by atoms with E-state index in [1.165, 1.54) is 11.5 Å². The van der Waals surface area contributed by atoms with E-state index in [2.05, 4.69) is 14.7 Å². The van der Waals surface area contributed by atoms with Crippen LogP contribution in [0.4, 0.5) is 10.8 Å². The van der Waals surface area contributed by atoms with Crippen LogP contribution in [-0.2, 0) is 6.54 Å². The molecular weight excluding hydrogens is 238 g/mol. The number of nitrogens with one attached hydrogen (secondary N) is 1. The molecule has 3 N–H and O–H groups in total. The van der Waals surface area contributed by atoms with Crippen molar-refractivity contribution >= 4 is 22.4 Å². The standard InChI is InChI=1S/C10H15N5OS/c1-16-8-9(11)14-17-10(8)13-3-2-5-15-6-4-12-7-15/h4,6-7,13H,2-3,5H2,1H3,(H2,11,14). The van der Waals surface area contributed by atoms with Gasteiger partial charge < -0.3 is 20.4 Å². The van der Waals surface area contributed by atoms with Crippen molar-refractivity contribution in [1.29, 1.82) is 0 Å². The number of nitrogen functional groups attached to an aromatic ring is 1. The number of aryl methyl sites for hydroxylation is 1. The van der Waals surface area contributed by atoms with Crippen molar-refractivity contribution in [2.24, 2.45) is 0 Å². The molecule has 0 saturated carbocycles. The molecule has 2 heterocycles. The first-order valence-electron chi connectivity index (χ1n) is 5.30. The number of anilines is 2. The Morgan fingerprint density at radius 3 is 3.18 bits per heavy atom. The first kappa shape index (κ1) is 11.7. The Bertz CT molecular complexity index is 453. The second-order valence-electron chi connectivity index (χ2n) is 3.51. The summed E-state index contributed by atoms with van der Waals surface area (Å²) in [5.41, 5.74) is 5.66. The molecule has 7 heteroatoms. The molecular formula is C10H15N5OS. The van der Waals surface area contributed by atoms with E-state index < -0.39 is 0 Å². The molecule has 0 amide bonds. The first-order chi connectivity index (χ1) is 8.31.